The van der Waals surface area contributed by atoms with Gasteiger partial charge in [-0.2, -0.15) is 0 Å². The van der Waals surface area contributed by atoms with Crippen LogP contribution in [0.15, 0.2) is 36.4 Å². The van der Waals surface area contributed by atoms with Crippen LogP contribution in [0.2, 0.25) is 0 Å². The topological polar surface area (TPSA) is 32.3 Å². The maximum Gasteiger partial charge on any atom is 0.251 e. The second kappa shape index (κ2) is 5.47. The molecule has 1 N–H and O–H groups in total. The van der Waals surface area contributed by atoms with Gasteiger partial charge in [0, 0.05) is 17.7 Å². The molecular weight excluding hydrogens is 200 g/mol. The van der Waals surface area contributed by atoms with Crippen molar-refractivity contribution in [3.63, 3.8) is 0 Å². The fourth-order valence-electron chi connectivity index (χ4n) is 1.25. The highest BCUT2D eigenvalue weighted by molar-refractivity contribution is 6.04. The maximum atomic E-state index is 11.2. The van der Waals surface area contributed by atoms with Crippen molar-refractivity contribution in [2.75, 3.05) is 26.5 Å². The van der Waals surface area contributed by atoms with Crippen molar-refractivity contribution >= 4 is 11.6 Å². The summed E-state index contributed by atoms with van der Waals surface area (Å²) < 4.78 is 0. The molecule has 2 heterocycles. The number of hydrogen-bond acceptors (Lipinski definition) is 2. The molecular formula is C13H18N2O. The molecule has 0 spiro atoms. The molecule has 86 valence electrons. The Kier molecular flexibility index (Phi) is 4.26. The monoisotopic (exact) mass is 218 g/mol. The predicted molar refractivity (Wildman–Crippen MR) is 67.5 cm³/mol. The maximum absolute atomic E-state index is 11.2. The standard InChI is InChI=1S/C10H9NO.C3H9N/c1-7-6-8-2-4-9(5-3-8)11-10(7)12;1-4(2)3/h2-5H,1,6H2,(H,11,12);1-3H3. The highest BCUT2D eigenvalue weighted by atomic mass is 16.1. The molecule has 1 aromatic carbocycles. The van der Waals surface area contributed by atoms with Gasteiger partial charge in [-0.3, -0.25) is 4.79 Å². The van der Waals surface area contributed by atoms with E-state index < -0.39 is 0 Å². The summed E-state index contributed by atoms with van der Waals surface area (Å²) in [6.07, 6.45) is 0.645. The first-order valence-electron chi connectivity index (χ1n) is 5.18. The van der Waals surface area contributed by atoms with Crippen molar-refractivity contribution in [2.24, 2.45) is 0 Å². The second-order valence-corrected chi connectivity index (χ2v) is 4.27. The Labute approximate surface area is 96.8 Å². The van der Waals surface area contributed by atoms with E-state index in [1.54, 1.807) is 0 Å². The summed E-state index contributed by atoms with van der Waals surface area (Å²) in [4.78, 5) is 13.2. The zero-order valence-electron chi connectivity index (χ0n) is 10.1. The Bertz CT molecular complexity index is 342. The van der Waals surface area contributed by atoms with Crippen molar-refractivity contribution in [1.29, 1.82) is 0 Å². The Hall–Kier alpha value is -1.61. The number of carbonyl (C=O) groups excluding carboxylic acids is 1. The third kappa shape index (κ3) is 3.87. The fourth-order valence-corrected chi connectivity index (χ4v) is 1.25. The molecule has 16 heavy (non-hydrogen) atoms. The molecule has 0 fully saturated rings. The molecule has 1 aromatic rings. The van der Waals surface area contributed by atoms with Crippen molar-refractivity contribution in [2.45, 2.75) is 6.42 Å². The van der Waals surface area contributed by atoms with Crippen LogP contribution in [0.4, 0.5) is 5.69 Å². The number of anilines is 1. The van der Waals surface area contributed by atoms with Gasteiger partial charge in [0.2, 0.25) is 0 Å². The van der Waals surface area contributed by atoms with Crippen LogP contribution in [-0.2, 0) is 11.2 Å². The summed E-state index contributed by atoms with van der Waals surface area (Å²) in [7, 11) is 6.00. The lowest BCUT2D eigenvalue weighted by Gasteiger charge is -2.12. The van der Waals surface area contributed by atoms with Gasteiger partial charge in [-0.05, 0) is 38.8 Å². The van der Waals surface area contributed by atoms with Crippen LogP contribution in [0.1, 0.15) is 5.56 Å². The van der Waals surface area contributed by atoms with E-state index in [2.05, 4.69) is 11.9 Å². The van der Waals surface area contributed by atoms with Crippen LogP contribution in [0, 0.1) is 0 Å². The quantitative estimate of drug-likeness (QED) is 0.675. The average molecular weight is 218 g/mol. The lowest BCUT2D eigenvalue weighted by atomic mass is 10.0. The molecule has 0 aliphatic carbocycles. The van der Waals surface area contributed by atoms with Crippen LogP contribution in [0.25, 0.3) is 0 Å². The Morgan fingerprint density at radius 3 is 2.19 bits per heavy atom. The summed E-state index contributed by atoms with van der Waals surface area (Å²) >= 11 is 0. The van der Waals surface area contributed by atoms with E-state index in [1.807, 2.05) is 50.3 Å². The zero-order valence-corrected chi connectivity index (χ0v) is 10.1. The molecule has 3 rings (SSSR count). The van der Waals surface area contributed by atoms with Crippen molar-refractivity contribution in [1.82, 2.24) is 4.90 Å². The third-order valence-corrected chi connectivity index (χ3v) is 1.95. The Balaban J connectivity index is 0.000000280. The number of rotatable bonds is 0. The van der Waals surface area contributed by atoms with Crippen LogP contribution in [0.3, 0.4) is 0 Å². The summed E-state index contributed by atoms with van der Waals surface area (Å²) in [5, 5.41) is 2.75. The molecule has 0 saturated heterocycles. The van der Waals surface area contributed by atoms with Crippen molar-refractivity contribution in [3.05, 3.63) is 42.0 Å². The highest BCUT2D eigenvalue weighted by Crippen LogP contribution is 2.17. The predicted octanol–water partition coefficient (Wildman–Crippen LogP) is 1.92. The van der Waals surface area contributed by atoms with Gasteiger partial charge in [0.25, 0.3) is 5.91 Å². The average Bonchev–Trinajstić information content (AvgIpc) is 2.17. The zero-order chi connectivity index (χ0) is 12.1. The number of hydrogen-bond donors (Lipinski definition) is 1. The van der Waals surface area contributed by atoms with Crippen molar-refractivity contribution < 1.29 is 4.79 Å². The number of nitrogens with one attached hydrogen (secondary N) is 1. The minimum absolute atomic E-state index is 0.0730. The lowest BCUT2D eigenvalue weighted by Crippen LogP contribution is -2.17. The van der Waals surface area contributed by atoms with Crippen molar-refractivity contribution in [3.8, 4) is 0 Å². The molecule has 2 aliphatic rings. The van der Waals surface area contributed by atoms with Crippen LogP contribution >= 0.6 is 0 Å². The van der Waals surface area contributed by atoms with Gasteiger partial charge in [0.1, 0.15) is 0 Å². The largest absolute Gasteiger partial charge is 0.322 e. The molecule has 3 nitrogen and oxygen atoms in total. The first-order valence-corrected chi connectivity index (χ1v) is 5.18. The summed E-state index contributed by atoms with van der Waals surface area (Å²) in [5.41, 5.74) is 2.60. The number of nitrogens with zero attached hydrogens (tertiary/aromatic N) is 1. The number of carbonyl (C=O) groups is 1. The fraction of sp³-hybridized carbons (Fsp3) is 0.308. The van der Waals surface area contributed by atoms with E-state index in [1.165, 1.54) is 0 Å². The van der Waals surface area contributed by atoms with Gasteiger partial charge in [-0.15, -0.1) is 0 Å². The van der Waals surface area contributed by atoms with Crippen LogP contribution in [0.5, 0.6) is 0 Å². The smallest absolute Gasteiger partial charge is 0.251 e. The molecule has 2 aliphatic heterocycles. The van der Waals surface area contributed by atoms with Gasteiger partial charge >= 0.3 is 0 Å². The first-order chi connectivity index (χ1) is 7.49. The summed E-state index contributed by atoms with van der Waals surface area (Å²) in [6, 6.07) is 7.80. The molecule has 0 unspecified atom stereocenters. The molecule has 3 heteroatoms. The van der Waals surface area contributed by atoms with E-state index in [9.17, 15) is 4.79 Å². The normalized spacial score (nSPS) is 13.8. The van der Waals surface area contributed by atoms with Gasteiger partial charge in [-0.1, -0.05) is 18.7 Å². The third-order valence-electron chi connectivity index (χ3n) is 1.95. The summed E-state index contributed by atoms with van der Waals surface area (Å²) in [5.74, 6) is -0.0730. The molecule has 0 atom stereocenters. The van der Waals surface area contributed by atoms with E-state index in [0.29, 0.717) is 12.0 Å². The molecule has 1 amide bonds. The number of amides is 1. The minimum atomic E-state index is -0.0730. The van der Waals surface area contributed by atoms with Gasteiger partial charge in [0.15, 0.2) is 0 Å². The molecule has 0 saturated carbocycles. The van der Waals surface area contributed by atoms with Gasteiger partial charge < -0.3 is 10.2 Å². The number of fused-ring (bicyclic) bond motifs is 5. The van der Waals surface area contributed by atoms with Gasteiger partial charge in [0.05, 0.1) is 0 Å². The Morgan fingerprint density at radius 1 is 1.19 bits per heavy atom. The van der Waals surface area contributed by atoms with E-state index in [-0.39, 0.29) is 5.91 Å². The van der Waals surface area contributed by atoms with E-state index in [4.69, 9.17) is 0 Å². The highest BCUT2D eigenvalue weighted by Gasteiger charge is 2.11. The Morgan fingerprint density at radius 2 is 1.69 bits per heavy atom. The molecule has 2 bridgehead atoms. The van der Waals surface area contributed by atoms with Crippen LogP contribution < -0.4 is 5.32 Å². The number of benzene rings is 1. The first kappa shape index (κ1) is 12.5. The molecule has 0 radical (unpaired) electrons. The second-order valence-electron chi connectivity index (χ2n) is 4.27. The SMILES string of the molecule is C=C1Cc2ccc(cc2)NC1=O.CN(C)C. The van der Waals surface area contributed by atoms with E-state index >= 15 is 0 Å². The van der Waals surface area contributed by atoms with E-state index in [0.717, 1.165) is 11.3 Å². The summed E-state index contributed by atoms with van der Waals surface area (Å²) in [6.45, 7) is 3.70. The minimum Gasteiger partial charge on any atom is -0.322 e. The van der Waals surface area contributed by atoms with Crippen LogP contribution in [-0.4, -0.2) is 32.0 Å². The van der Waals surface area contributed by atoms with Gasteiger partial charge in [-0.25, -0.2) is 0 Å². The molecule has 0 aromatic heterocycles. The lowest BCUT2D eigenvalue weighted by molar-refractivity contribution is -0.112.